The normalized spacial score (nSPS) is 32.0. The second-order valence-electron chi connectivity index (χ2n) is 4.76. The molecule has 100 valence electrons. The molecule has 0 radical (unpaired) electrons. The molecule has 0 bridgehead atoms. The van der Waals surface area contributed by atoms with E-state index in [-0.39, 0.29) is 6.04 Å². The molecule has 0 spiro atoms. The molecular formula is C11H21NO3S2. The van der Waals surface area contributed by atoms with Crippen molar-refractivity contribution in [2.24, 2.45) is 0 Å². The maximum Gasteiger partial charge on any atom is 0.151 e. The SMILES string of the molecule is O=S1(=O)CCC(NCCSCC2CCCO2)C1. The number of hydrogen-bond donors (Lipinski definition) is 1. The summed E-state index contributed by atoms with van der Waals surface area (Å²) in [5.41, 5.74) is 0. The highest BCUT2D eigenvalue weighted by molar-refractivity contribution is 7.99. The van der Waals surface area contributed by atoms with Crippen LogP contribution in [-0.2, 0) is 14.6 Å². The van der Waals surface area contributed by atoms with Crippen LogP contribution >= 0.6 is 11.8 Å². The summed E-state index contributed by atoms with van der Waals surface area (Å²) in [5.74, 6) is 2.79. The number of sulfone groups is 1. The van der Waals surface area contributed by atoms with Gasteiger partial charge in [-0.05, 0) is 19.3 Å². The molecule has 4 nitrogen and oxygen atoms in total. The van der Waals surface area contributed by atoms with Crippen LogP contribution in [0.5, 0.6) is 0 Å². The Morgan fingerprint density at radius 2 is 2.24 bits per heavy atom. The molecule has 1 N–H and O–H groups in total. The van der Waals surface area contributed by atoms with Crippen molar-refractivity contribution in [3.05, 3.63) is 0 Å². The predicted molar refractivity (Wildman–Crippen MR) is 71.4 cm³/mol. The van der Waals surface area contributed by atoms with E-state index in [2.05, 4.69) is 5.32 Å². The average molecular weight is 279 g/mol. The lowest BCUT2D eigenvalue weighted by Crippen LogP contribution is -2.32. The van der Waals surface area contributed by atoms with E-state index in [1.54, 1.807) is 0 Å². The van der Waals surface area contributed by atoms with Gasteiger partial charge in [-0.15, -0.1) is 0 Å². The lowest BCUT2D eigenvalue weighted by molar-refractivity contribution is 0.129. The predicted octanol–water partition coefficient (Wildman–Crippen LogP) is 0.675. The van der Waals surface area contributed by atoms with Crippen LogP contribution in [0.3, 0.4) is 0 Å². The summed E-state index contributed by atoms with van der Waals surface area (Å²) in [6.07, 6.45) is 3.62. The molecule has 0 aromatic carbocycles. The van der Waals surface area contributed by atoms with Gasteiger partial charge in [-0.3, -0.25) is 0 Å². The quantitative estimate of drug-likeness (QED) is 0.725. The van der Waals surface area contributed by atoms with Gasteiger partial charge in [0.2, 0.25) is 0 Å². The van der Waals surface area contributed by atoms with E-state index < -0.39 is 9.84 Å². The van der Waals surface area contributed by atoms with E-state index in [0.29, 0.717) is 17.6 Å². The Balaban J connectivity index is 1.49. The van der Waals surface area contributed by atoms with Crippen LogP contribution in [0.2, 0.25) is 0 Å². The van der Waals surface area contributed by atoms with Gasteiger partial charge in [-0.25, -0.2) is 8.42 Å². The lowest BCUT2D eigenvalue weighted by atomic mass is 10.3. The molecule has 0 saturated carbocycles. The van der Waals surface area contributed by atoms with Crippen LogP contribution in [0.15, 0.2) is 0 Å². The summed E-state index contributed by atoms with van der Waals surface area (Å²) < 4.78 is 28.0. The Labute approximate surface area is 108 Å². The molecule has 6 heteroatoms. The first-order valence-corrected chi connectivity index (χ1v) is 9.26. The zero-order valence-corrected chi connectivity index (χ0v) is 11.7. The second-order valence-corrected chi connectivity index (χ2v) is 8.14. The summed E-state index contributed by atoms with van der Waals surface area (Å²) in [6.45, 7) is 1.82. The zero-order chi connectivity index (χ0) is 12.1. The van der Waals surface area contributed by atoms with E-state index >= 15 is 0 Å². The van der Waals surface area contributed by atoms with Crippen molar-refractivity contribution < 1.29 is 13.2 Å². The topological polar surface area (TPSA) is 55.4 Å². The van der Waals surface area contributed by atoms with E-state index in [1.165, 1.54) is 12.8 Å². The third kappa shape index (κ3) is 4.77. The van der Waals surface area contributed by atoms with Crippen molar-refractivity contribution in [3.8, 4) is 0 Å². The largest absolute Gasteiger partial charge is 0.377 e. The van der Waals surface area contributed by atoms with E-state index in [4.69, 9.17) is 4.74 Å². The van der Waals surface area contributed by atoms with Crippen molar-refractivity contribution in [2.45, 2.75) is 31.4 Å². The molecule has 0 aliphatic carbocycles. The van der Waals surface area contributed by atoms with Gasteiger partial charge in [0.15, 0.2) is 9.84 Å². The minimum atomic E-state index is -2.74. The average Bonchev–Trinajstić information content (AvgIpc) is 2.88. The molecule has 2 atom stereocenters. The minimum absolute atomic E-state index is 0.184. The molecule has 2 saturated heterocycles. The van der Waals surface area contributed by atoms with Gasteiger partial charge in [-0.1, -0.05) is 0 Å². The smallest absolute Gasteiger partial charge is 0.151 e. The Morgan fingerprint density at radius 3 is 2.88 bits per heavy atom. The number of hydrogen-bond acceptors (Lipinski definition) is 5. The Hall–Kier alpha value is 0.220. The Kier molecular flexibility index (Phi) is 5.14. The third-order valence-corrected chi connectivity index (χ3v) is 6.11. The molecule has 0 aromatic heterocycles. The number of thioether (sulfide) groups is 1. The van der Waals surface area contributed by atoms with Gasteiger partial charge in [0, 0.05) is 30.7 Å². The van der Waals surface area contributed by atoms with Crippen molar-refractivity contribution in [2.75, 3.05) is 36.2 Å². The summed E-state index contributed by atoms with van der Waals surface area (Å²) in [6, 6.07) is 0.184. The first-order chi connectivity index (χ1) is 8.16. The van der Waals surface area contributed by atoms with Gasteiger partial charge in [0.05, 0.1) is 17.6 Å². The number of nitrogens with one attached hydrogen (secondary N) is 1. The molecule has 2 aliphatic rings. The van der Waals surface area contributed by atoms with Crippen molar-refractivity contribution in [1.82, 2.24) is 5.32 Å². The minimum Gasteiger partial charge on any atom is -0.377 e. The lowest BCUT2D eigenvalue weighted by Gasteiger charge is -2.11. The summed E-state index contributed by atoms with van der Waals surface area (Å²) in [5, 5.41) is 3.32. The molecule has 2 unspecified atom stereocenters. The van der Waals surface area contributed by atoms with Crippen LogP contribution in [0, 0.1) is 0 Å². The van der Waals surface area contributed by atoms with Gasteiger partial charge < -0.3 is 10.1 Å². The van der Waals surface area contributed by atoms with Crippen LogP contribution in [-0.4, -0.2) is 56.7 Å². The van der Waals surface area contributed by atoms with Crippen LogP contribution in [0.4, 0.5) is 0 Å². The molecule has 2 aliphatic heterocycles. The number of ether oxygens (including phenoxy) is 1. The van der Waals surface area contributed by atoms with Gasteiger partial charge >= 0.3 is 0 Å². The Bertz CT molecular complexity index is 326. The molecule has 2 rings (SSSR count). The monoisotopic (exact) mass is 279 g/mol. The maximum atomic E-state index is 11.2. The van der Waals surface area contributed by atoms with Crippen molar-refractivity contribution in [1.29, 1.82) is 0 Å². The van der Waals surface area contributed by atoms with Crippen molar-refractivity contribution in [3.63, 3.8) is 0 Å². The van der Waals surface area contributed by atoms with Crippen LogP contribution in [0.1, 0.15) is 19.3 Å². The summed E-state index contributed by atoms with van der Waals surface area (Å²) in [7, 11) is -2.74. The first-order valence-electron chi connectivity index (χ1n) is 6.29. The first kappa shape index (κ1) is 13.6. The van der Waals surface area contributed by atoms with Crippen LogP contribution < -0.4 is 5.32 Å². The highest BCUT2D eigenvalue weighted by Gasteiger charge is 2.27. The second kappa shape index (κ2) is 6.41. The molecule has 17 heavy (non-hydrogen) atoms. The highest BCUT2D eigenvalue weighted by atomic mass is 32.2. The van der Waals surface area contributed by atoms with Crippen molar-refractivity contribution >= 4 is 21.6 Å². The third-order valence-electron chi connectivity index (χ3n) is 3.24. The number of rotatable bonds is 6. The maximum absolute atomic E-state index is 11.2. The van der Waals surface area contributed by atoms with Gasteiger partial charge in [0.1, 0.15) is 0 Å². The van der Waals surface area contributed by atoms with Gasteiger partial charge in [0.25, 0.3) is 0 Å². The summed E-state index contributed by atoms with van der Waals surface area (Å²) in [4.78, 5) is 0. The van der Waals surface area contributed by atoms with E-state index in [9.17, 15) is 8.42 Å². The molecular weight excluding hydrogens is 258 g/mol. The molecule has 2 heterocycles. The van der Waals surface area contributed by atoms with Gasteiger partial charge in [-0.2, -0.15) is 11.8 Å². The fourth-order valence-electron chi connectivity index (χ4n) is 2.28. The van der Waals surface area contributed by atoms with E-state index in [0.717, 1.165) is 31.1 Å². The molecule has 0 amide bonds. The standard InChI is InChI=1S/C11H21NO3S2/c13-17(14)7-3-10(9-17)12-4-6-16-8-11-2-1-5-15-11/h10-12H,1-9H2. The Morgan fingerprint density at radius 1 is 1.35 bits per heavy atom. The highest BCUT2D eigenvalue weighted by Crippen LogP contribution is 2.17. The van der Waals surface area contributed by atoms with E-state index in [1.807, 2.05) is 11.8 Å². The summed E-state index contributed by atoms with van der Waals surface area (Å²) >= 11 is 1.90. The fraction of sp³-hybridized carbons (Fsp3) is 1.00. The fourth-order valence-corrected chi connectivity index (χ4v) is 4.94. The van der Waals surface area contributed by atoms with Crippen LogP contribution in [0.25, 0.3) is 0 Å². The molecule has 2 fully saturated rings. The zero-order valence-electron chi connectivity index (χ0n) is 10.1. The molecule has 0 aromatic rings.